The molecule has 1 aromatic carbocycles. The van der Waals surface area contributed by atoms with Crippen molar-refractivity contribution in [2.75, 3.05) is 5.32 Å². The van der Waals surface area contributed by atoms with E-state index < -0.39 is 0 Å². The van der Waals surface area contributed by atoms with Gasteiger partial charge in [0, 0.05) is 30.3 Å². The highest BCUT2D eigenvalue weighted by molar-refractivity contribution is 5.95. The van der Waals surface area contributed by atoms with E-state index in [-0.39, 0.29) is 11.8 Å². The maximum atomic E-state index is 12.3. The van der Waals surface area contributed by atoms with Gasteiger partial charge in [-0.05, 0) is 55.0 Å². The van der Waals surface area contributed by atoms with Crippen LogP contribution in [0.4, 0.5) is 5.69 Å². The molecule has 6 heteroatoms. The highest BCUT2D eigenvalue weighted by Gasteiger charge is 2.27. The van der Waals surface area contributed by atoms with Gasteiger partial charge in [0.1, 0.15) is 12.1 Å². The van der Waals surface area contributed by atoms with Crippen LogP contribution in [0.3, 0.4) is 0 Å². The van der Waals surface area contributed by atoms with Crippen LogP contribution < -0.4 is 10.1 Å². The lowest BCUT2D eigenvalue weighted by Crippen LogP contribution is -2.23. The number of nitrogens with one attached hydrogen (secondary N) is 1. The number of carbonyl (C=O) groups is 1. The first-order chi connectivity index (χ1) is 12.8. The molecular weight excluding hydrogens is 328 g/mol. The fraction of sp³-hybridized carbons (Fsp3) is 0.350. The van der Waals surface area contributed by atoms with Crippen LogP contribution in [0, 0.1) is 0 Å². The van der Waals surface area contributed by atoms with Gasteiger partial charge in [0.05, 0.1) is 6.10 Å². The summed E-state index contributed by atoms with van der Waals surface area (Å²) < 4.78 is 7.82. The number of ether oxygens (including phenoxy) is 1. The fourth-order valence-corrected chi connectivity index (χ4v) is 4.06. The average Bonchev–Trinajstić information content (AvgIpc) is 3.31. The molecule has 5 rings (SSSR count). The zero-order valence-electron chi connectivity index (χ0n) is 14.4. The molecule has 1 aliphatic carbocycles. The summed E-state index contributed by atoms with van der Waals surface area (Å²) in [4.78, 5) is 16.5. The lowest BCUT2D eigenvalue weighted by molar-refractivity contribution is -0.116. The largest absolute Gasteiger partial charge is 0.490 e. The molecule has 1 amide bonds. The van der Waals surface area contributed by atoms with Gasteiger partial charge in [-0.2, -0.15) is 5.10 Å². The fourth-order valence-electron chi connectivity index (χ4n) is 4.06. The third-order valence-corrected chi connectivity index (χ3v) is 5.38. The molecule has 6 nitrogen and oxygen atoms in total. The lowest BCUT2D eigenvalue weighted by Gasteiger charge is -2.27. The summed E-state index contributed by atoms with van der Waals surface area (Å²) in [5.74, 6) is 0.882. The SMILES string of the molecule is O=C1CC(c2ccn3ncnc3c2)c2ccc(OC3CCCC3)cc2N1. The Morgan fingerprint density at radius 2 is 2.04 bits per heavy atom. The standard InChI is InChI=1S/C20H20N4O2/c25-20-11-17(13-7-8-24-19(9-13)21-12-22-24)16-6-5-15(10-18(16)23-20)26-14-3-1-2-4-14/h5-10,12,14,17H,1-4,11H2,(H,23,25). The molecule has 0 spiro atoms. The zero-order valence-corrected chi connectivity index (χ0v) is 14.4. The molecule has 1 saturated carbocycles. The average molecular weight is 348 g/mol. The van der Waals surface area contributed by atoms with Crippen molar-refractivity contribution in [2.24, 2.45) is 0 Å². The second-order valence-corrected chi connectivity index (χ2v) is 7.10. The Labute approximate surface area is 151 Å². The van der Waals surface area contributed by atoms with Gasteiger partial charge >= 0.3 is 0 Å². The van der Waals surface area contributed by atoms with E-state index in [4.69, 9.17) is 4.74 Å². The molecule has 0 saturated heterocycles. The highest BCUT2D eigenvalue weighted by Crippen LogP contribution is 2.39. The highest BCUT2D eigenvalue weighted by atomic mass is 16.5. The van der Waals surface area contributed by atoms with Crippen LogP contribution in [0.2, 0.25) is 0 Å². The molecule has 1 N–H and O–H groups in total. The Morgan fingerprint density at radius 3 is 2.92 bits per heavy atom. The summed E-state index contributed by atoms with van der Waals surface area (Å²) in [6, 6.07) is 10.1. The number of aromatic nitrogens is 3. The maximum absolute atomic E-state index is 12.3. The van der Waals surface area contributed by atoms with Crippen molar-refractivity contribution >= 4 is 17.2 Å². The van der Waals surface area contributed by atoms with Gasteiger partial charge in [0.2, 0.25) is 5.91 Å². The molecule has 1 atom stereocenters. The van der Waals surface area contributed by atoms with Crippen molar-refractivity contribution in [3.63, 3.8) is 0 Å². The number of hydrogen-bond donors (Lipinski definition) is 1. The number of nitrogens with zero attached hydrogens (tertiary/aromatic N) is 3. The molecule has 0 bridgehead atoms. The molecule has 1 unspecified atom stereocenters. The maximum Gasteiger partial charge on any atom is 0.225 e. The van der Waals surface area contributed by atoms with Gasteiger partial charge in [0.15, 0.2) is 5.65 Å². The molecule has 0 radical (unpaired) electrons. The molecule has 2 aromatic heterocycles. The first-order valence-electron chi connectivity index (χ1n) is 9.16. The van der Waals surface area contributed by atoms with Crippen LogP contribution in [-0.4, -0.2) is 26.6 Å². The van der Waals surface area contributed by atoms with Gasteiger partial charge in [-0.3, -0.25) is 4.79 Å². The van der Waals surface area contributed by atoms with Crippen LogP contribution in [0.25, 0.3) is 5.65 Å². The summed E-state index contributed by atoms with van der Waals surface area (Å²) in [5.41, 5.74) is 3.83. The monoisotopic (exact) mass is 348 g/mol. The number of pyridine rings is 1. The number of amides is 1. The number of hydrogen-bond acceptors (Lipinski definition) is 4. The third kappa shape index (κ3) is 2.71. The molecule has 3 aromatic rings. The van der Waals surface area contributed by atoms with Crippen LogP contribution in [0.1, 0.15) is 49.1 Å². The van der Waals surface area contributed by atoms with E-state index in [2.05, 4.69) is 21.5 Å². The minimum atomic E-state index is 0.0148. The van der Waals surface area contributed by atoms with Crippen molar-refractivity contribution in [2.45, 2.75) is 44.1 Å². The van der Waals surface area contributed by atoms with Gasteiger partial charge in [0.25, 0.3) is 0 Å². The predicted molar refractivity (Wildman–Crippen MR) is 97.4 cm³/mol. The molecule has 1 aliphatic heterocycles. The Bertz CT molecular complexity index is 975. The van der Waals surface area contributed by atoms with Crippen molar-refractivity contribution in [1.29, 1.82) is 0 Å². The van der Waals surface area contributed by atoms with Crippen molar-refractivity contribution in [3.05, 3.63) is 54.0 Å². The summed E-state index contributed by atoms with van der Waals surface area (Å²) in [6.45, 7) is 0. The summed E-state index contributed by atoms with van der Waals surface area (Å²) >= 11 is 0. The van der Waals surface area contributed by atoms with Crippen LogP contribution in [-0.2, 0) is 4.79 Å². The van der Waals surface area contributed by atoms with Gasteiger partial charge in [-0.1, -0.05) is 6.07 Å². The molecule has 3 heterocycles. The summed E-state index contributed by atoms with van der Waals surface area (Å²) in [7, 11) is 0. The normalized spacial score (nSPS) is 20.2. The second-order valence-electron chi connectivity index (χ2n) is 7.10. The van der Waals surface area contributed by atoms with E-state index in [1.807, 2.05) is 30.5 Å². The third-order valence-electron chi connectivity index (χ3n) is 5.38. The first-order valence-corrected chi connectivity index (χ1v) is 9.16. The number of fused-ring (bicyclic) bond motifs is 2. The van der Waals surface area contributed by atoms with Crippen LogP contribution in [0.5, 0.6) is 5.75 Å². The minimum Gasteiger partial charge on any atom is -0.490 e. The van der Waals surface area contributed by atoms with Crippen molar-refractivity contribution in [3.8, 4) is 5.75 Å². The summed E-state index contributed by atoms with van der Waals surface area (Å²) in [6.07, 6.45) is 8.86. The quantitative estimate of drug-likeness (QED) is 0.786. The molecule has 26 heavy (non-hydrogen) atoms. The molecule has 1 fully saturated rings. The van der Waals surface area contributed by atoms with Gasteiger partial charge in [-0.25, -0.2) is 9.50 Å². The van der Waals surface area contributed by atoms with Crippen LogP contribution >= 0.6 is 0 Å². The zero-order chi connectivity index (χ0) is 17.5. The van der Waals surface area contributed by atoms with Gasteiger partial charge in [-0.15, -0.1) is 0 Å². The number of anilines is 1. The Balaban J connectivity index is 1.49. The number of carbonyl (C=O) groups excluding carboxylic acids is 1. The van der Waals surface area contributed by atoms with E-state index in [0.29, 0.717) is 12.5 Å². The molecule has 132 valence electrons. The van der Waals surface area contributed by atoms with Crippen LogP contribution in [0.15, 0.2) is 42.9 Å². The van der Waals surface area contributed by atoms with E-state index in [1.165, 1.54) is 19.2 Å². The summed E-state index contributed by atoms with van der Waals surface area (Å²) in [5, 5.41) is 7.14. The number of benzene rings is 1. The Kier molecular flexibility index (Phi) is 3.62. The Morgan fingerprint density at radius 1 is 1.15 bits per heavy atom. The smallest absolute Gasteiger partial charge is 0.225 e. The van der Waals surface area contributed by atoms with Crippen molar-refractivity contribution in [1.82, 2.24) is 14.6 Å². The predicted octanol–water partition coefficient (Wildman–Crippen LogP) is 3.52. The molecular formula is C20H20N4O2. The van der Waals surface area contributed by atoms with Crippen molar-refractivity contribution < 1.29 is 9.53 Å². The Hall–Kier alpha value is -2.89. The van der Waals surface area contributed by atoms with E-state index >= 15 is 0 Å². The first kappa shape index (κ1) is 15.4. The number of rotatable bonds is 3. The lowest BCUT2D eigenvalue weighted by atomic mass is 9.85. The second kappa shape index (κ2) is 6.12. The topological polar surface area (TPSA) is 68.5 Å². The van der Waals surface area contributed by atoms with Gasteiger partial charge < -0.3 is 10.1 Å². The van der Waals surface area contributed by atoms with E-state index in [1.54, 1.807) is 4.52 Å². The van der Waals surface area contributed by atoms with E-state index in [9.17, 15) is 4.79 Å². The minimum absolute atomic E-state index is 0.0148. The molecule has 2 aliphatic rings. The van der Waals surface area contributed by atoms with E-state index in [0.717, 1.165) is 41.1 Å².